The third kappa shape index (κ3) is 20.4. The zero-order valence-electron chi connectivity index (χ0n) is 43.7. The molecule has 0 spiro atoms. The van der Waals surface area contributed by atoms with Gasteiger partial charge in [-0.1, -0.05) is 57.8 Å². The lowest BCUT2D eigenvalue weighted by Crippen LogP contribution is -2.23. The van der Waals surface area contributed by atoms with Crippen molar-refractivity contribution in [1.82, 2.24) is 40.5 Å². The third-order valence-corrected chi connectivity index (χ3v) is 10.6. The SMILES string of the molecule is CC#N.CCCc1c(OCCCN(C)c2ncc(C(=O)OC)cn2)ccc2c(C(F)(F)F)noc12.CCCc1c(OCCCNC)ccc2c(C(F)(F)F)noc12.CCN(CC)CC.COC(=O)c1cnc(Cl)nc1. The van der Waals surface area contributed by atoms with Crippen LogP contribution in [-0.2, 0) is 34.7 Å². The van der Waals surface area contributed by atoms with Crippen LogP contribution in [0.2, 0.25) is 5.28 Å². The number of hydrogen-bond donors (Lipinski definition) is 1. The van der Waals surface area contributed by atoms with E-state index < -0.39 is 35.7 Å². The topological polar surface area (TPSA) is 217 Å². The van der Waals surface area contributed by atoms with E-state index in [-0.39, 0.29) is 38.3 Å². The molecule has 0 amide bonds. The Balaban J connectivity index is 0.000000383. The lowest BCUT2D eigenvalue weighted by Gasteiger charge is -2.17. The lowest BCUT2D eigenvalue weighted by atomic mass is 10.0. The van der Waals surface area contributed by atoms with Gasteiger partial charge in [0.1, 0.15) is 11.5 Å². The molecule has 0 aliphatic rings. The van der Waals surface area contributed by atoms with Crippen molar-refractivity contribution in [3.63, 3.8) is 0 Å². The van der Waals surface area contributed by atoms with E-state index in [1.165, 1.54) is 83.8 Å². The predicted octanol–water partition coefficient (Wildman–Crippen LogP) is 10.9. The number of carbonyl (C=O) groups excluding carboxylic acids is 2. The minimum atomic E-state index is -4.58. The largest absolute Gasteiger partial charge is 0.493 e. The molecule has 0 fully saturated rings. The first kappa shape index (κ1) is 64.3. The summed E-state index contributed by atoms with van der Waals surface area (Å²) in [4.78, 5) is 41.9. The van der Waals surface area contributed by atoms with Crippen LogP contribution in [0.3, 0.4) is 0 Å². The van der Waals surface area contributed by atoms with Gasteiger partial charge in [-0.2, -0.15) is 31.6 Å². The Labute approximate surface area is 437 Å². The minimum Gasteiger partial charge on any atom is -0.493 e. The number of halogens is 7. The summed E-state index contributed by atoms with van der Waals surface area (Å²) in [6.45, 7) is 17.6. The van der Waals surface area contributed by atoms with Gasteiger partial charge in [-0.05, 0) is 94.8 Å². The molecule has 412 valence electrons. The summed E-state index contributed by atoms with van der Waals surface area (Å²) in [6, 6.07) is 7.53. The number of aryl methyl sites for hydroxylation is 2. The van der Waals surface area contributed by atoms with Gasteiger partial charge in [0.25, 0.3) is 0 Å². The van der Waals surface area contributed by atoms with Crippen molar-refractivity contribution in [1.29, 1.82) is 5.26 Å². The van der Waals surface area contributed by atoms with Crippen LogP contribution in [0.25, 0.3) is 21.9 Å². The number of nitrogens with zero attached hydrogens (tertiary/aromatic N) is 9. The Morgan fingerprint density at radius 1 is 0.707 bits per heavy atom. The summed E-state index contributed by atoms with van der Waals surface area (Å²) in [5.41, 5.74) is 0.0198. The van der Waals surface area contributed by atoms with Crippen molar-refractivity contribution < 1.29 is 63.9 Å². The van der Waals surface area contributed by atoms with Gasteiger partial charge in [0, 0.05) is 56.4 Å². The van der Waals surface area contributed by atoms with Gasteiger partial charge in [-0.3, -0.25) is 0 Å². The van der Waals surface area contributed by atoms with Crippen LogP contribution >= 0.6 is 11.6 Å². The number of nitriles is 1. The minimum absolute atomic E-state index is 0.0153. The number of aromatic nitrogens is 6. The molecule has 6 rings (SSSR count). The summed E-state index contributed by atoms with van der Waals surface area (Å²) >= 11 is 5.39. The zero-order valence-corrected chi connectivity index (χ0v) is 44.5. The van der Waals surface area contributed by atoms with E-state index in [4.69, 9.17) is 35.4 Å². The number of alkyl halides is 6. The third-order valence-electron chi connectivity index (χ3n) is 10.4. The molecule has 0 saturated carbocycles. The standard InChI is InChI=1S/C21H23F3N4O4.C15H19F3N2O2.C6H5ClN2O2.C6H15N.C2H3N/c1-4-6-14-16(8-7-15-17(14)32-27-18(15)21(22,23)24)31-10-5-9-28(2)20-25-11-13(12-26-20)19(29)30-3;1-3-5-10-12(21-9-4-8-19-2)7-6-11-13(10)22-20-14(11)15(16,17)18;1-11-5(10)4-2-8-6(7)9-3-4;1-4-7(5-2)6-3;1-2-3/h7-8,11-12H,4-6,9-10H2,1-3H3;6-7,19H,3-5,8-9H2,1-2H3;2-3H,1H3;4-6H2,1-3H3;1H3. The monoisotopic (exact) mass is 1080 g/mol. The first-order chi connectivity index (χ1) is 35.7. The highest BCUT2D eigenvalue weighted by atomic mass is 35.5. The Kier molecular flexibility index (Phi) is 28.4. The van der Waals surface area contributed by atoms with E-state index >= 15 is 0 Å². The Hall–Kier alpha value is -6.84. The van der Waals surface area contributed by atoms with E-state index in [0.717, 1.165) is 19.4 Å². The lowest BCUT2D eigenvalue weighted by molar-refractivity contribution is -0.142. The molecular formula is C50H65ClF6N10O8. The van der Waals surface area contributed by atoms with E-state index in [9.17, 15) is 35.9 Å². The summed E-state index contributed by atoms with van der Waals surface area (Å²) in [5.74, 6) is 0.496. The van der Waals surface area contributed by atoms with E-state index in [0.29, 0.717) is 74.0 Å². The number of ether oxygens (including phenoxy) is 4. The number of fused-ring (bicyclic) bond motifs is 2. The smallest absolute Gasteiger partial charge is 0.437 e. The van der Waals surface area contributed by atoms with Gasteiger partial charge < -0.3 is 43.1 Å². The van der Waals surface area contributed by atoms with Gasteiger partial charge in [-0.25, -0.2) is 29.5 Å². The number of methoxy groups -OCH3 is 2. The van der Waals surface area contributed by atoms with Crippen molar-refractivity contribution in [3.8, 4) is 17.6 Å². The average molecular weight is 1080 g/mol. The van der Waals surface area contributed by atoms with Crippen LogP contribution in [0.1, 0.15) is 110 Å². The first-order valence-electron chi connectivity index (χ1n) is 23.8. The number of hydrogen-bond acceptors (Lipinski definition) is 18. The summed E-state index contributed by atoms with van der Waals surface area (Å²) in [6.07, 6.45) is 0.250. The van der Waals surface area contributed by atoms with Crippen molar-refractivity contribution in [2.45, 2.75) is 92.4 Å². The van der Waals surface area contributed by atoms with E-state index in [1.54, 1.807) is 24.1 Å². The second-order valence-electron chi connectivity index (χ2n) is 15.7. The molecule has 0 saturated heterocycles. The van der Waals surface area contributed by atoms with Gasteiger partial charge in [0.15, 0.2) is 22.6 Å². The maximum atomic E-state index is 13.1. The molecule has 0 atom stereocenters. The normalized spacial score (nSPS) is 10.9. The van der Waals surface area contributed by atoms with E-state index in [1.807, 2.05) is 20.9 Å². The van der Waals surface area contributed by atoms with Crippen LogP contribution in [0.15, 0.2) is 58.1 Å². The Morgan fingerprint density at radius 2 is 1.11 bits per heavy atom. The fourth-order valence-electron chi connectivity index (χ4n) is 6.70. The van der Waals surface area contributed by atoms with E-state index in [2.05, 4.69) is 70.7 Å². The van der Waals surface area contributed by atoms with Crippen molar-refractivity contribution in [2.75, 3.05) is 79.2 Å². The zero-order chi connectivity index (χ0) is 56.1. The summed E-state index contributed by atoms with van der Waals surface area (Å²) < 4.78 is 109. The molecule has 0 aliphatic carbocycles. The number of benzene rings is 2. The van der Waals surface area contributed by atoms with Crippen molar-refractivity contribution in [3.05, 3.63) is 88.0 Å². The molecule has 75 heavy (non-hydrogen) atoms. The van der Waals surface area contributed by atoms with Crippen molar-refractivity contribution in [2.24, 2.45) is 0 Å². The fraction of sp³-hybridized carbons (Fsp3) is 0.500. The molecule has 25 heteroatoms. The molecule has 0 aliphatic heterocycles. The molecule has 6 aromatic rings. The predicted molar refractivity (Wildman–Crippen MR) is 270 cm³/mol. The quantitative estimate of drug-likeness (QED) is 0.0325. The molecule has 4 heterocycles. The summed E-state index contributed by atoms with van der Waals surface area (Å²) in [7, 11) is 6.22. The van der Waals surface area contributed by atoms with Gasteiger partial charge in [0.05, 0.1) is 55.4 Å². The average Bonchev–Trinajstić information content (AvgIpc) is 4.05. The van der Waals surface area contributed by atoms with Gasteiger partial charge >= 0.3 is 24.3 Å². The Bertz CT molecular complexity index is 2650. The maximum absolute atomic E-state index is 13.1. The number of anilines is 1. The highest BCUT2D eigenvalue weighted by Gasteiger charge is 2.39. The van der Waals surface area contributed by atoms with Gasteiger partial charge in [0.2, 0.25) is 11.2 Å². The Morgan fingerprint density at radius 3 is 1.45 bits per heavy atom. The molecule has 0 bridgehead atoms. The van der Waals surface area contributed by atoms with Crippen LogP contribution in [0.4, 0.5) is 32.3 Å². The highest BCUT2D eigenvalue weighted by molar-refractivity contribution is 6.28. The molecular weight excluding hydrogens is 1020 g/mol. The van der Waals surface area contributed by atoms with Crippen LogP contribution in [0.5, 0.6) is 11.5 Å². The van der Waals surface area contributed by atoms with Gasteiger partial charge in [-0.15, -0.1) is 0 Å². The number of esters is 2. The number of rotatable bonds is 20. The molecule has 0 unspecified atom stereocenters. The number of nitrogens with one attached hydrogen (secondary N) is 1. The second-order valence-corrected chi connectivity index (χ2v) is 16.0. The number of carbonyl (C=O) groups is 2. The summed E-state index contributed by atoms with van der Waals surface area (Å²) in [5, 5.41) is 16.8. The fourth-order valence-corrected chi connectivity index (χ4v) is 6.80. The first-order valence-corrected chi connectivity index (χ1v) is 24.2. The van der Waals surface area contributed by atoms with Crippen LogP contribution < -0.4 is 19.7 Å². The highest BCUT2D eigenvalue weighted by Crippen LogP contribution is 2.39. The molecule has 1 N–H and O–H groups in total. The molecule has 18 nitrogen and oxygen atoms in total. The maximum Gasteiger partial charge on any atom is 0.437 e. The van der Waals surface area contributed by atoms with Crippen LogP contribution in [-0.4, -0.2) is 121 Å². The molecule has 0 radical (unpaired) electrons. The molecule has 2 aromatic carbocycles. The van der Waals surface area contributed by atoms with Crippen molar-refractivity contribution >= 4 is 51.4 Å². The second kappa shape index (κ2) is 33.2. The van der Waals surface area contributed by atoms with Crippen LogP contribution in [0, 0.1) is 11.3 Å². The molecule has 4 aromatic heterocycles.